The minimum atomic E-state index is -2.19. The van der Waals surface area contributed by atoms with Crippen molar-refractivity contribution < 1.29 is 27.7 Å². The molecule has 0 aliphatic heterocycles. The first-order valence-corrected chi connectivity index (χ1v) is 12.7. The Bertz CT molecular complexity index is 1380. The maximum absolute atomic E-state index is 13.0. The number of fused-ring (bicyclic) bond motifs is 1. The lowest BCUT2D eigenvalue weighted by molar-refractivity contribution is 0.0851. The third-order valence-electron chi connectivity index (χ3n) is 5.15. The molecular formula is C24H25FN6O5P+. The zero-order valence-electron chi connectivity index (χ0n) is 19.9. The Kier molecular flexibility index (Phi) is 8.55. The Labute approximate surface area is 212 Å². The number of aromatic nitrogens is 4. The predicted octanol–water partition coefficient (Wildman–Crippen LogP) is 3.54. The average molecular weight is 527 g/mol. The lowest BCUT2D eigenvalue weighted by Gasteiger charge is -2.11. The number of benzene rings is 2. The number of hydrogen-bond acceptors (Lipinski definition) is 9. The molecule has 0 radical (unpaired) electrons. The smallest absolute Gasteiger partial charge is 0.488 e. The van der Waals surface area contributed by atoms with Crippen LogP contribution in [0.5, 0.6) is 11.5 Å². The number of rotatable bonds is 12. The van der Waals surface area contributed by atoms with E-state index in [0.717, 1.165) is 0 Å². The second-order valence-corrected chi connectivity index (χ2v) is 9.02. The molecule has 4 aromatic rings. The van der Waals surface area contributed by atoms with Gasteiger partial charge in [-0.25, -0.2) is 23.9 Å². The summed E-state index contributed by atoms with van der Waals surface area (Å²) in [6, 6.07) is 12.0. The molecule has 0 saturated heterocycles. The number of para-hydroxylation sites is 2. The van der Waals surface area contributed by atoms with Crippen molar-refractivity contribution in [2.75, 3.05) is 25.2 Å². The molecule has 13 heteroatoms. The molecule has 0 aliphatic carbocycles. The van der Waals surface area contributed by atoms with E-state index in [-0.39, 0.29) is 37.3 Å². The first kappa shape index (κ1) is 25.9. The van der Waals surface area contributed by atoms with E-state index >= 15 is 0 Å². The number of halogens is 1. The van der Waals surface area contributed by atoms with Crippen LogP contribution in [0.25, 0.3) is 11.2 Å². The Balaban J connectivity index is 1.23. The topological polar surface area (TPSA) is 143 Å². The summed E-state index contributed by atoms with van der Waals surface area (Å²) in [6.45, 7) is 2.59. The number of anilines is 1. The van der Waals surface area contributed by atoms with Crippen LogP contribution in [0.2, 0.25) is 0 Å². The number of nitrogens with zero attached hydrogens (tertiary/aromatic N) is 4. The van der Waals surface area contributed by atoms with Crippen molar-refractivity contribution in [3.8, 4) is 11.5 Å². The van der Waals surface area contributed by atoms with Crippen LogP contribution in [0.3, 0.4) is 0 Å². The van der Waals surface area contributed by atoms with Gasteiger partial charge in [0.05, 0.1) is 25.5 Å². The van der Waals surface area contributed by atoms with Crippen molar-refractivity contribution in [2.45, 2.75) is 19.6 Å². The zero-order chi connectivity index (χ0) is 26.2. The molecule has 0 aliphatic rings. The predicted molar refractivity (Wildman–Crippen MR) is 134 cm³/mol. The van der Waals surface area contributed by atoms with Gasteiger partial charge in [0.25, 0.3) is 12.3 Å². The number of amides is 1. The van der Waals surface area contributed by atoms with Crippen LogP contribution in [0.4, 0.5) is 10.2 Å². The van der Waals surface area contributed by atoms with Gasteiger partial charge in [0.2, 0.25) is 5.75 Å². The van der Waals surface area contributed by atoms with Crippen LogP contribution in [0.15, 0.2) is 61.2 Å². The molecule has 192 valence electrons. The second kappa shape index (κ2) is 12.2. The summed E-state index contributed by atoms with van der Waals surface area (Å²) < 4.78 is 44.3. The second-order valence-electron chi connectivity index (χ2n) is 7.92. The van der Waals surface area contributed by atoms with Crippen LogP contribution in [-0.4, -0.2) is 51.0 Å². The van der Waals surface area contributed by atoms with Gasteiger partial charge < -0.3 is 25.1 Å². The van der Waals surface area contributed by atoms with Crippen molar-refractivity contribution in [1.82, 2.24) is 24.8 Å². The highest BCUT2D eigenvalue weighted by atomic mass is 31.1. The van der Waals surface area contributed by atoms with Crippen LogP contribution < -0.4 is 20.3 Å². The molecule has 37 heavy (non-hydrogen) atoms. The third-order valence-corrected chi connectivity index (χ3v) is 5.91. The lowest BCUT2D eigenvalue weighted by Crippen LogP contribution is -2.28. The number of nitrogen functional groups attached to an aromatic ring is 1. The van der Waals surface area contributed by atoms with Gasteiger partial charge >= 0.3 is 8.03 Å². The SMILES string of the molecule is CC(Cn1cnc2c(N)ncnc21)OC[P+](=O)Oc1ccccc1OCCNC(=O)c1ccc(F)cc1. The maximum Gasteiger partial charge on any atom is 0.585 e. The Morgan fingerprint density at radius 3 is 2.68 bits per heavy atom. The van der Waals surface area contributed by atoms with E-state index in [4.69, 9.17) is 19.7 Å². The molecule has 3 N–H and O–H groups in total. The number of carbonyl (C=O) groups is 1. The molecule has 2 unspecified atom stereocenters. The van der Waals surface area contributed by atoms with E-state index < -0.39 is 13.8 Å². The molecule has 2 heterocycles. The van der Waals surface area contributed by atoms with Gasteiger partial charge in [-0.2, -0.15) is 0 Å². The molecule has 2 aromatic heterocycles. The van der Waals surface area contributed by atoms with E-state index in [1.807, 2.05) is 6.92 Å². The quantitative estimate of drug-likeness (QED) is 0.209. The minimum Gasteiger partial charge on any atom is -0.488 e. The minimum absolute atomic E-state index is 0.137. The van der Waals surface area contributed by atoms with Crippen molar-refractivity contribution >= 4 is 30.9 Å². The van der Waals surface area contributed by atoms with E-state index in [1.165, 1.54) is 30.6 Å². The van der Waals surface area contributed by atoms with Gasteiger partial charge in [-0.05, 0) is 47.9 Å². The molecule has 0 fully saturated rings. The Morgan fingerprint density at radius 2 is 1.89 bits per heavy atom. The standard InChI is InChI=1S/C24H24FN6O5P/c1-16(12-31-14-30-21-22(26)28-13-29-23(21)31)35-15-37(33)36-20-5-3-2-4-19(20)34-11-10-27-24(32)17-6-8-18(25)9-7-17/h2-9,13-14,16H,10-12,15H2,1H3,(H2-,26,27,28,29,32)/p+1. The van der Waals surface area contributed by atoms with E-state index in [9.17, 15) is 13.8 Å². The number of imidazole rings is 1. The summed E-state index contributed by atoms with van der Waals surface area (Å²) in [4.78, 5) is 24.4. The fourth-order valence-electron chi connectivity index (χ4n) is 3.36. The molecule has 1 amide bonds. The Morgan fingerprint density at radius 1 is 1.14 bits per heavy atom. The maximum atomic E-state index is 13.0. The van der Waals surface area contributed by atoms with Gasteiger partial charge in [-0.1, -0.05) is 12.1 Å². The van der Waals surface area contributed by atoms with Crippen molar-refractivity contribution in [3.05, 3.63) is 72.6 Å². The first-order chi connectivity index (χ1) is 17.9. The molecule has 2 atom stereocenters. The first-order valence-electron chi connectivity index (χ1n) is 11.3. The zero-order valence-corrected chi connectivity index (χ0v) is 20.8. The summed E-state index contributed by atoms with van der Waals surface area (Å²) in [7, 11) is -2.19. The summed E-state index contributed by atoms with van der Waals surface area (Å²) in [5.41, 5.74) is 7.25. The molecule has 0 bridgehead atoms. The van der Waals surface area contributed by atoms with Gasteiger partial charge in [0, 0.05) is 5.56 Å². The number of nitrogens with two attached hydrogens (primary N) is 1. The highest BCUT2D eigenvalue weighted by Crippen LogP contribution is 2.34. The highest BCUT2D eigenvalue weighted by Gasteiger charge is 2.24. The number of ether oxygens (including phenoxy) is 2. The van der Waals surface area contributed by atoms with Crippen molar-refractivity contribution in [3.63, 3.8) is 0 Å². The number of hydrogen-bond donors (Lipinski definition) is 2. The van der Waals surface area contributed by atoms with E-state index in [1.54, 1.807) is 35.2 Å². The largest absolute Gasteiger partial charge is 0.585 e. The summed E-state index contributed by atoms with van der Waals surface area (Å²) in [6.07, 6.45) is 2.52. The average Bonchev–Trinajstić information content (AvgIpc) is 3.30. The summed E-state index contributed by atoms with van der Waals surface area (Å²) in [5, 5.41) is 2.69. The molecule has 0 spiro atoms. The van der Waals surface area contributed by atoms with Gasteiger partial charge in [0.1, 0.15) is 24.3 Å². The molecule has 4 rings (SSSR count). The molecule has 11 nitrogen and oxygen atoms in total. The Hall–Kier alpha value is -4.15. The monoisotopic (exact) mass is 527 g/mol. The van der Waals surface area contributed by atoms with E-state index in [0.29, 0.717) is 34.8 Å². The van der Waals surface area contributed by atoms with Crippen LogP contribution in [0.1, 0.15) is 17.3 Å². The van der Waals surface area contributed by atoms with E-state index in [2.05, 4.69) is 20.3 Å². The third kappa shape index (κ3) is 6.96. The van der Waals surface area contributed by atoms with Crippen LogP contribution in [0, 0.1) is 5.82 Å². The van der Waals surface area contributed by atoms with Crippen LogP contribution >= 0.6 is 8.03 Å². The fourth-order valence-corrected chi connectivity index (χ4v) is 4.16. The summed E-state index contributed by atoms with van der Waals surface area (Å²) >= 11 is 0. The summed E-state index contributed by atoms with van der Waals surface area (Å²) in [5.74, 6) is 0.198. The normalized spacial score (nSPS) is 12.2. The van der Waals surface area contributed by atoms with Gasteiger partial charge in [-0.3, -0.25) is 4.79 Å². The lowest BCUT2D eigenvalue weighted by atomic mass is 10.2. The molecule has 0 saturated carbocycles. The van der Waals surface area contributed by atoms with Gasteiger partial charge in [0.15, 0.2) is 17.2 Å². The van der Waals surface area contributed by atoms with Gasteiger partial charge in [-0.15, -0.1) is 0 Å². The van der Waals surface area contributed by atoms with Crippen molar-refractivity contribution in [2.24, 2.45) is 0 Å². The van der Waals surface area contributed by atoms with Crippen molar-refractivity contribution in [1.29, 1.82) is 0 Å². The molecular weight excluding hydrogens is 502 g/mol. The fraction of sp³-hybridized carbons (Fsp3) is 0.250. The molecule has 2 aromatic carbocycles. The number of carbonyl (C=O) groups excluding carboxylic acids is 1. The van der Waals surface area contributed by atoms with Crippen LogP contribution in [-0.2, 0) is 15.8 Å². The highest BCUT2D eigenvalue weighted by molar-refractivity contribution is 7.39. The number of nitrogens with one attached hydrogen (secondary N) is 1.